The Morgan fingerprint density at radius 1 is 1.59 bits per heavy atom. The number of carbonyl (C=O) groups is 1. The van der Waals surface area contributed by atoms with Gasteiger partial charge in [-0.1, -0.05) is 0 Å². The molecule has 1 aromatic rings. The molecule has 96 valence electrons. The molecule has 0 aliphatic carbocycles. The molecule has 0 bridgehead atoms. The maximum atomic E-state index is 12.4. The Hall–Kier alpha value is -1.57. The van der Waals surface area contributed by atoms with Crippen molar-refractivity contribution in [3.8, 4) is 0 Å². The minimum absolute atomic E-state index is 0.0947. The SMILES string of the molecule is Cn1ccc(CNC(=O)C(C)(N)C(F)(F)F)n1. The van der Waals surface area contributed by atoms with Crippen molar-refractivity contribution in [2.24, 2.45) is 12.8 Å². The van der Waals surface area contributed by atoms with Crippen molar-refractivity contribution >= 4 is 5.91 Å². The predicted molar refractivity (Wildman–Crippen MR) is 53.7 cm³/mol. The Kier molecular flexibility index (Phi) is 3.46. The summed E-state index contributed by atoms with van der Waals surface area (Å²) in [4.78, 5) is 11.3. The Morgan fingerprint density at radius 2 is 2.18 bits per heavy atom. The van der Waals surface area contributed by atoms with Crippen molar-refractivity contribution in [3.63, 3.8) is 0 Å². The summed E-state index contributed by atoms with van der Waals surface area (Å²) in [7, 11) is 1.66. The molecule has 5 nitrogen and oxygen atoms in total. The number of nitrogens with zero attached hydrogens (tertiary/aromatic N) is 2. The third-order valence-electron chi connectivity index (χ3n) is 2.26. The first-order chi connectivity index (χ1) is 7.64. The largest absolute Gasteiger partial charge is 0.415 e. The number of aryl methyl sites for hydroxylation is 1. The Labute approximate surface area is 95.8 Å². The van der Waals surface area contributed by atoms with Crippen LogP contribution in [0.1, 0.15) is 12.6 Å². The molecule has 1 atom stereocenters. The zero-order chi connectivity index (χ0) is 13.3. The van der Waals surface area contributed by atoms with E-state index in [0.717, 1.165) is 0 Å². The summed E-state index contributed by atoms with van der Waals surface area (Å²) in [6, 6.07) is 1.59. The Bertz CT molecular complexity index is 411. The molecular formula is C9H13F3N4O. The van der Waals surface area contributed by atoms with Crippen LogP contribution in [0.15, 0.2) is 12.3 Å². The van der Waals surface area contributed by atoms with Crippen LogP contribution in [0.2, 0.25) is 0 Å². The van der Waals surface area contributed by atoms with Gasteiger partial charge in [-0.25, -0.2) is 0 Å². The number of aromatic nitrogens is 2. The highest BCUT2D eigenvalue weighted by Crippen LogP contribution is 2.27. The average molecular weight is 250 g/mol. The van der Waals surface area contributed by atoms with Crippen LogP contribution in [0.4, 0.5) is 13.2 Å². The highest BCUT2D eigenvalue weighted by molar-refractivity contribution is 5.86. The fraction of sp³-hybridized carbons (Fsp3) is 0.556. The van der Waals surface area contributed by atoms with E-state index in [1.165, 1.54) is 4.68 Å². The number of hydrogen-bond acceptors (Lipinski definition) is 3. The molecule has 0 aliphatic rings. The van der Waals surface area contributed by atoms with E-state index >= 15 is 0 Å². The zero-order valence-electron chi connectivity index (χ0n) is 9.38. The topological polar surface area (TPSA) is 72.9 Å². The fourth-order valence-electron chi connectivity index (χ4n) is 1.04. The van der Waals surface area contributed by atoms with Gasteiger partial charge in [0.2, 0.25) is 5.91 Å². The molecule has 1 aromatic heterocycles. The monoisotopic (exact) mass is 250 g/mol. The Balaban J connectivity index is 2.61. The number of halogens is 3. The van der Waals surface area contributed by atoms with Gasteiger partial charge in [0, 0.05) is 13.2 Å². The first-order valence-corrected chi connectivity index (χ1v) is 4.77. The quantitative estimate of drug-likeness (QED) is 0.811. The first-order valence-electron chi connectivity index (χ1n) is 4.77. The van der Waals surface area contributed by atoms with E-state index in [0.29, 0.717) is 12.6 Å². The normalized spacial score (nSPS) is 15.4. The van der Waals surface area contributed by atoms with Gasteiger partial charge in [-0.05, 0) is 13.0 Å². The van der Waals surface area contributed by atoms with Gasteiger partial charge in [0.25, 0.3) is 0 Å². The minimum atomic E-state index is -4.79. The van der Waals surface area contributed by atoms with E-state index in [9.17, 15) is 18.0 Å². The number of alkyl halides is 3. The molecule has 1 amide bonds. The van der Waals surface area contributed by atoms with Crippen LogP contribution >= 0.6 is 0 Å². The highest BCUT2D eigenvalue weighted by Gasteiger charge is 2.53. The second-order valence-corrected chi connectivity index (χ2v) is 3.86. The molecular weight excluding hydrogens is 237 g/mol. The maximum absolute atomic E-state index is 12.4. The van der Waals surface area contributed by atoms with Crippen LogP contribution in [-0.2, 0) is 18.4 Å². The molecule has 0 aromatic carbocycles. The molecule has 8 heteroatoms. The van der Waals surface area contributed by atoms with E-state index in [-0.39, 0.29) is 6.54 Å². The van der Waals surface area contributed by atoms with Crippen LogP contribution in [0.25, 0.3) is 0 Å². The van der Waals surface area contributed by atoms with Gasteiger partial charge in [0.05, 0.1) is 12.2 Å². The minimum Gasteiger partial charge on any atom is -0.348 e. The molecule has 1 unspecified atom stereocenters. The number of carbonyl (C=O) groups excluding carboxylic acids is 1. The lowest BCUT2D eigenvalue weighted by atomic mass is 10.0. The van der Waals surface area contributed by atoms with E-state index in [1.807, 2.05) is 0 Å². The maximum Gasteiger partial charge on any atom is 0.415 e. The summed E-state index contributed by atoms with van der Waals surface area (Å²) >= 11 is 0. The summed E-state index contributed by atoms with van der Waals surface area (Å²) in [5, 5.41) is 6.01. The average Bonchev–Trinajstić information content (AvgIpc) is 2.58. The first kappa shape index (κ1) is 13.5. The zero-order valence-corrected chi connectivity index (χ0v) is 9.38. The van der Waals surface area contributed by atoms with Gasteiger partial charge in [0.1, 0.15) is 0 Å². The van der Waals surface area contributed by atoms with Gasteiger partial charge in [-0.3, -0.25) is 9.48 Å². The molecule has 3 N–H and O–H groups in total. The van der Waals surface area contributed by atoms with Gasteiger partial charge in [-0.2, -0.15) is 18.3 Å². The third kappa shape index (κ3) is 2.96. The van der Waals surface area contributed by atoms with Crippen LogP contribution in [0.5, 0.6) is 0 Å². The van der Waals surface area contributed by atoms with Gasteiger partial charge >= 0.3 is 6.18 Å². The van der Waals surface area contributed by atoms with Crippen molar-refractivity contribution in [1.29, 1.82) is 0 Å². The number of nitrogens with one attached hydrogen (secondary N) is 1. The lowest BCUT2D eigenvalue weighted by Gasteiger charge is -2.25. The van der Waals surface area contributed by atoms with Crippen molar-refractivity contribution in [3.05, 3.63) is 18.0 Å². The van der Waals surface area contributed by atoms with Crippen LogP contribution < -0.4 is 11.1 Å². The molecule has 0 saturated carbocycles. The molecule has 1 heterocycles. The van der Waals surface area contributed by atoms with Crippen molar-refractivity contribution in [2.75, 3.05) is 0 Å². The standard InChI is InChI=1S/C9H13F3N4O/c1-8(13,9(10,11)12)7(17)14-5-6-3-4-16(2)15-6/h3-4H,5,13H2,1-2H3,(H,14,17). The summed E-state index contributed by atoms with van der Waals surface area (Å²) in [6.45, 7) is 0.531. The number of hydrogen-bond donors (Lipinski definition) is 2. The van der Waals surface area contributed by atoms with Crippen molar-refractivity contribution in [1.82, 2.24) is 15.1 Å². The molecule has 0 spiro atoms. The predicted octanol–water partition coefficient (Wildman–Crippen LogP) is 0.316. The third-order valence-corrected chi connectivity index (χ3v) is 2.26. The highest BCUT2D eigenvalue weighted by atomic mass is 19.4. The van der Waals surface area contributed by atoms with Crippen LogP contribution in [-0.4, -0.2) is 27.4 Å². The summed E-state index contributed by atoms with van der Waals surface area (Å²) in [5.41, 5.74) is 2.50. The van der Waals surface area contributed by atoms with Crippen molar-refractivity contribution < 1.29 is 18.0 Å². The second-order valence-electron chi connectivity index (χ2n) is 3.86. The molecule has 1 rings (SSSR count). The van der Waals surface area contributed by atoms with Crippen LogP contribution in [0, 0.1) is 0 Å². The van der Waals surface area contributed by atoms with Crippen LogP contribution in [0.3, 0.4) is 0 Å². The second kappa shape index (κ2) is 4.36. The van der Waals surface area contributed by atoms with E-state index < -0.39 is 17.6 Å². The molecule has 0 aliphatic heterocycles. The van der Waals surface area contributed by atoms with E-state index in [4.69, 9.17) is 5.73 Å². The summed E-state index contributed by atoms with van der Waals surface area (Å²) in [5.74, 6) is -1.28. The number of rotatable bonds is 3. The van der Waals surface area contributed by atoms with Crippen molar-refractivity contribution in [2.45, 2.75) is 25.2 Å². The number of nitrogens with two attached hydrogens (primary N) is 1. The fourth-order valence-corrected chi connectivity index (χ4v) is 1.04. The van der Waals surface area contributed by atoms with Gasteiger partial charge in [0.15, 0.2) is 5.54 Å². The molecule has 17 heavy (non-hydrogen) atoms. The molecule has 0 fully saturated rings. The van der Waals surface area contributed by atoms with Gasteiger partial charge < -0.3 is 11.1 Å². The molecule has 0 saturated heterocycles. The molecule has 0 radical (unpaired) electrons. The van der Waals surface area contributed by atoms with E-state index in [2.05, 4.69) is 10.4 Å². The summed E-state index contributed by atoms with van der Waals surface area (Å²) in [6.07, 6.45) is -3.17. The lowest BCUT2D eigenvalue weighted by Crippen LogP contribution is -2.61. The lowest BCUT2D eigenvalue weighted by molar-refractivity contribution is -0.187. The van der Waals surface area contributed by atoms with Gasteiger partial charge in [-0.15, -0.1) is 0 Å². The summed E-state index contributed by atoms with van der Waals surface area (Å²) < 4.78 is 38.7. The Morgan fingerprint density at radius 3 is 2.59 bits per heavy atom. The number of amides is 1. The smallest absolute Gasteiger partial charge is 0.348 e. The van der Waals surface area contributed by atoms with E-state index in [1.54, 1.807) is 19.3 Å².